The second-order valence-corrected chi connectivity index (χ2v) is 21.1. The van der Waals surface area contributed by atoms with Gasteiger partial charge in [0.15, 0.2) is 17.0 Å². The van der Waals surface area contributed by atoms with Crippen molar-refractivity contribution in [2.24, 2.45) is 0 Å². The van der Waals surface area contributed by atoms with Crippen molar-refractivity contribution in [1.82, 2.24) is 0 Å². The Morgan fingerprint density at radius 3 is 1.80 bits per heavy atom. The molecule has 1 N–H and O–H groups in total. The molecule has 10 heteroatoms. The highest BCUT2D eigenvalue weighted by atomic mass is 28.3. The molecule has 218 valence electrons. The Morgan fingerprint density at radius 1 is 0.950 bits per heavy atom. The maximum absolute atomic E-state index is 11.5. The van der Waals surface area contributed by atoms with Gasteiger partial charge in [-0.05, 0) is 5.56 Å². The molecule has 0 amide bonds. The predicted molar refractivity (Wildman–Crippen MR) is 159 cm³/mol. The summed E-state index contributed by atoms with van der Waals surface area (Å²) in [7, 11) is -2.43. The van der Waals surface area contributed by atoms with Crippen LogP contribution in [0.1, 0.15) is 5.56 Å². The van der Waals surface area contributed by atoms with Crippen LogP contribution in [0.4, 0.5) is 0 Å². The molecule has 0 aromatic heterocycles. The number of benzene rings is 1. The number of carbonyl (C=O) groups excluding carboxylic acids is 2. The zero-order chi connectivity index (χ0) is 30.3. The number of hydrogen-bond acceptors (Lipinski definition) is 8. The molecular formula is C30H42O8Si2. The minimum absolute atomic E-state index is 0.152. The third-order valence-corrected chi connectivity index (χ3v) is 6.69. The van der Waals surface area contributed by atoms with Crippen molar-refractivity contribution in [3.05, 3.63) is 35.9 Å². The Bertz CT molecular complexity index is 1080. The standard InChI is InChI=1S/C14H14O4.C8H14O2Si.C5H10Si.C3H4O2/c1-2-14(10-16-11-14)18-9-13(15)17-8-12-6-4-3-5-7-12;1-11(2,3)5-4-8(9)6-10-7-8;1-5-6(2,3)4;4-3-1-5-2-3/h1,3-7H,8-11H2;9H,6-7H2,1-3H3;1H,2-4H3;1-2H2. The fourth-order valence-electron chi connectivity index (χ4n) is 2.33. The first-order valence-corrected chi connectivity index (χ1v) is 19.9. The molecule has 1 aromatic carbocycles. The molecule has 8 nitrogen and oxygen atoms in total. The molecule has 1 aromatic rings. The molecule has 0 saturated carbocycles. The number of esters is 1. The van der Waals surface area contributed by atoms with E-state index in [0.717, 1.165) is 5.56 Å². The van der Waals surface area contributed by atoms with E-state index >= 15 is 0 Å². The lowest BCUT2D eigenvalue weighted by atomic mass is 10.0. The first-order valence-electron chi connectivity index (χ1n) is 12.9. The maximum Gasteiger partial charge on any atom is 0.332 e. The fraction of sp³-hybridized carbons (Fsp3) is 0.533. The molecule has 0 radical (unpaired) electrons. The van der Waals surface area contributed by atoms with Crippen LogP contribution >= 0.6 is 0 Å². The van der Waals surface area contributed by atoms with Crippen molar-refractivity contribution in [2.75, 3.05) is 46.2 Å². The number of ketones is 1. The summed E-state index contributed by atoms with van der Waals surface area (Å²) in [5.74, 6) is 5.15. The molecule has 4 rings (SSSR count). The van der Waals surface area contributed by atoms with Crippen LogP contribution in [0.5, 0.6) is 0 Å². The maximum atomic E-state index is 11.5. The lowest BCUT2D eigenvalue weighted by molar-refractivity contribution is -0.189. The normalized spacial score (nSPS) is 17.6. The van der Waals surface area contributed by atoms with E-state index in [2.05, 4.69) is 66.9 Å². The van der Waals surface area contributed by atoms with Crippen molar-refractivity contribution < 1.29 is 38.4 Å². The summed E-state index contributed by atoms with van der Waals surface area (Å²) in [5.41, 5.74) is 5.24. The summed E-state index contributed by atoms with van der Waals surface area (Å²) < 4.78 is 24.7. The van der Waals surface area contributed by atoms with Crippen LogP contribution in [0.2, 0.25) is 39.3 Å². The van der Waals surface area contributed by atoms with Crippen LogP contribution in [-0.2, 0) is 39.9 Å². The number of hydrogen-bond donors (Lipinski definition) is 1. The molecule has 0 aliphatic carbocycles. The quantitative estimate of drug-likeness (QED) is 0.320. The van der Waals surface area contributed by atoms with Gasteiger partial charge in [0.05, 0.1) is 26.4 Å². The second kappa shape index (κ2) is 16.5. The number of Topliss-reactive ketones (excluding diaryl/α,β-unsaturated/α-hetero) is 1. The van der Waals surface area contributed by atoms with E-state index in [1.807, 2.05) is 30.3 Å². The van der Waals surface area contributed by atoms with Crippen molar-refractivity contribution >= 4 is 27.9 Å². The Hall–Kier alpha value is -2.73. The SMILES string of the molecule is C#CC1(OCC(=O)OCc2ccccc2)COC1.C#C[Si](C)(C)C.C[Si](C)(C)C#CC1(O)COC1.O=C1COC1. The fourth-order valence-corrected chi connectivity index (χ4v) is 2.94. The molecule has 0 atom stereocenters. The summed E-state index contributed by atoms with van der Waals surface area (Å²) in [6.07, 6.45) is 10.4. The monoisotopic (exact) mass is 586 g/mol. The van der Waals surface area contributed by atoms with Gasteiger partial charge in [-0.15, -0.1) is 23.9 Å². The summed E-state index contributed by atoms with van der Waals surface area (Å²) in [4.78, 5) is 21.2. The van der Waals surface area contributed by atoms with Crippen molar-refractivity contribution in [3.63, 3.8) is 0 Å². The number of ether oxygens (including phenoxy) is 5. The molecule has 0 bridgehead atoms. The molecule has 3 aliphatic heterocycles. The van der Waals surface area contributed by atoms with Gasteiger partial charge in [-0.25, -0.2) is 4.79 Å². The van der Waals surface area contributed by atoms with Gasteiger partial charge in [0.25, 0.3) is 0 Å². The minimum Gasteiger partial charge on any atom is -0.459 e. The van der Waals surface area contributed by atoms with Crippen LogP contribution in [0.15, 0.2) is 30.3 Å². The highest BCUT2D eigenvalue weighted by Crippen LogP contribution is 2.20. The van der Waals surface area contributed by atoms with Crippen molar-refractivity contribution in [3.8, 4) is 35.8 Å². The Morgan fingerprint density at radius 2 is 1.48 bits per heavy atom. The van der Waals surface area contributed by atoms with Crippen LogP contribution in [0, 0.1) is 35.8 Å². The first kappa shape index (κ1) is 35.3. The molecule has 3 heterocycles. The minimum atomic E-state index is -1.33. The highest BCUT2D eigenvalue weighted by Gasteiger charge is 2.38. The highest BCUT2D eigenvalue weighted by molar-refractivity contribution is 6.84. The summed E-state index contributed by atoms with van der Waals surface area (Å²) in [5, 5.41) is 9.50. The molecule has 0 unspecified atom stereocenters. The van der Waals surface area contributed by atoms with E-state index in [-0.39, 0.29) is 19.0 Å². The zero-order valence-corrected chi connectivity index (χ0v) is 26.5. The van der Waals surface area contributed by atoms with Crippen molar-refractivity contribution in [1.29, 1.82) is 0 Å². The Labute approximate surface area is 241 Å². The Kier molecular flexibility index (Phi) is 14.6. The van der Waals surface area contributed by atoms with E-state index in [4.69, 9.17) is 31.8 Å². The predicted octanol–water partition coefficient (Wildman–Crippen LogP) is 2.86. The summed E-state index contributed by atoms with van der Waals surface area (Å²) in [6, 6.07) is 9.45. The summed E-state index contributed by atoms with van der Waals surface area (Å²) in [6.45, 7) is 15.1. The number of terminal acetylenes is 2. The number of aliphatic hydroxyl groups is 1. The lowest BCUT2D eigenvalue weighted by Crippen LogP contribution is -2.51. The third kappa shape index (κ3) is 15.8. The van der Waals surface area contributed by atoms with Gasteiger partial charge in [-0.1, -0.05) is 81.5 Å². The van der Waals surface area contributed by atoms with Crippen LogP contribution in [-0.4, -0.2) is 90.5 Å². The van der Waals surface area contributed by atoms with E-state index < -0.39 is 33.3 Å². The van der Waals surface area contributed by atoms with Gasteiger partial charge in [0.1, 0.15) is 42.6 Å². The third-order valence-electron chi connectivity index (χ3n) is 4.95. The van der Waals surface area contributed by atoms with E-state index in [0.29, 0.717) is 39.6 Å². The topological polar surface area (TPSA) is 101 Å². The lowest BCUT2D eigenvalue weighted by Gasteiger charge is -2.35. The average molecular weight is 587 g/mol. The molecule has 3 saturated heterocycles. The molecule has 3 fully saturated rings. The van der Waals surface area contributed by atoms with E-state index in [9.17, 15) is 14.7 Å². The molecule has 40 heavy (non-hydrogen) atoms. The second-order valence-electron chi connectivity index (χ2n) is 11.5. The van der Waals surface area contributed by atoms with E-state index in [1.54, 1.807) is 0 Å². The number of carbonyl (C=O) groups is 2. The zero-order valence-electron chi connectivity index (χ0n) is 24.5. The molecule has 0 spiro atoms. The Balaban J connectivity index is 0.000000307. The van der Waals surface area contributed by atoms with Crippen LogP contribution in [0.3, 0.4) is 0 Å². The molecule has 3 aliphatic rings. The number of rotatable bonds is 5. The van der Waals surface area contributed by atoms with E-state index in [1.165, 1.54) is 0 Å². The average Bonchev–Trinajstić information content (AvgIpc) is 2.84. The van der Waals surface area contributed by atoms with Gasteiger partial charge < -0.3 is 28.8 Å². The molecular weight excluding hydrogens is 544 g/mol. The largest absolute Gasteiger partial charge is 0.459 e. The van der Waals surface area contributed by atoms with Crippen LogP contribution in [0.25, 0.3) is 0 Å². The van der Waals surface area contributed by atoms with Crippen molar-refractivity contribution in [2.45, 2.75) is 57.1 Å². The van der Waals surface area contributed by atoms with Gasteiger partial charge in [-0.3, -0.25) is 4.79 Å². The van der Waals surface area contributed by atoms with Crippen LogP contribution < -0.4 is 0 Å². The van der Waals surface area contributed by atoms with Gasteiger partial charge in [-0.2, -0.15) is 0 Å². The smallest absolute Gasteiger partial charge is 0.332 e. The first-order chi connectivity index (χ1) is 18.6. The summed E-state index contributed by atoms with van der Waals surface area (Å²) >= 11 is 0. The van der Waals surface area contributed by atoms with Gasteiger partial charge in [0.2, 0.25) is 0 Å². The van der Waals surface area contributed by atoms with Gasteiger partial charge >= 0.3 is 5.97 Å². The van der Waals surface area contributed by atoms with Gasteiger partial charge in [0, 0.05) is 0 Å².